The molecule has 2 aromatic carbocycles. The Labute approximate surface area is 154 Å². The second kappa shape index (κ2) is 9.13. The molecule has 9 heteroatoms. The van der Waals surface area contributed by atoms with Gasteiger partial charge in [-0.1, -0.05) is 18.2 Å². The monoisotopic (exact) mass is 398 g/mol. The number of nitrogens with one attached hydrogen (secondary N) is 2. The average molecular weight is 399 g/mol. The van der Waals surface area contributed by atoms with Crippen molar-refractivity contribution in [2.24, 2.45) is 0 Å². The summed E-state index contributed by atoms with van der Waals surface area (Å²) in [5.74, 6) is 0. The summed E-state index contributed by atoms with van der Waals surface area (Å²) in [5, 5.41) is 0. The lowest BCUT2D eigenvalue weighted by atomic mass is 10.3. The van der Waals surface area contributed by atoms with Gasteiger partial charge in [0.05, 0.1) is 9.79 Å². The topological polar surface area (TPSA) is 102 Å². The third kappa shape index (κ3) is 5.80. The van der Waals surface area contributed by atoms with E-state index in [4.69, 9.17) is 4.74 Å². The second-order valence-corrected chi connectivity index (χ2v) is 8.84. The Balaban J connectivity index is 2.01. The number of hydrogen-bond acceptors (Lipinski definition) is 5. The molecule has 2 rings (SSSR count). The van der Waals surface area contributed by atoms with Crippen molar-refractivity contribution in [1.29, 1.82) is 0 Å². The SMILES string of the molecule is CCOCCCNS(=O)(=O)c1ccc(NS(=O)(=O)c2ccccc2)cc1. The minimum atomic E-state index is -3.71. The molecule has 26 heavy (non-hydrogen) atoms. The van der Waals surface area contributed by atoms with Crippen LogP contribution in [0.15, 0.2) is 64.4 Å². The molecule has 0 heterocycles. The summed E-state index contributed by atoms with van der Waals surface area (Å²) >= 11 is 0. The lowest BCUT2D eigenvalue weighted by Gasteiger charge is -2.10. The third-order valence-corrected chi connectivity index (χ3v) is 6.31. The number of hydrogen-bond donors (Lipinski definition) is 2. The van der Waals surface area contributed by atoms with Gasteiger partial charge in [0.1, 0.15) is 0 Å². The van der Waals surface area contributed by atoms with Gasteiger partial charge < -0.3 is 4.74 Å². The quantitative estimate of drug-likeness (QED) is 0.598. The minimum Gasteiger partial charge on any atom is -0.382 e. The third-order valence-electron chi connectivity index (χ3n) is 3.43. The van der Waals surface area contributed by atoms with Crippen molar-refractivity contribution in [3.63, 3.8) is 0 Å². The average Bonchev–Trinajstić information content (AvgIpc) is 2.62. The predicted molar refractivity (Wildman–Crippen MR) is 100.0 cm³/mol. The Hall–Kier alpha value is -1.94. The molecule has 0 spiro atoms. The van der Waals surface area contributed by atoms with Crippen LogP contribution in [0.3, 0.4) is 0 Å². The van der Waals surface area contributed by atoms with Crippen LogP contribution in [-0.4, -0.2) is 36.6 Å². The van der Waals surface area contributed by atoms with Crippen LogP contribution in [0.25, 0.3) is 0 Å². The molecule has 2 N–H and O–H groups in total. The molecule has 0 aliphatic rings. The van der Waals surface area contributed by atoms with E-state index in [9.17, 15) is 16.8 Å². The molecule has 2 aromatic rings. The number of benzene rings is 2. The second-order valence-electron chi connectivity index (χ2n) is 5.39. The molecular weight excluding hydrogens is 376 g/mol. The van der Waals surface area contributed by atoms with Crippen LogP contribution in [0, 0.1) is 0 Å². The highest BCUT2D eigenvalue weighted by atomic mass is 32.2. The van der Waals surface area contributed by atoms with Gasteiger partial charge in [-0.25, -0.2) is 21.6 Å². The van der Waals surface area contributed by atoms with E-state index in [1.54, 1.807) is 18.2 Å². The van der Waals surface area contributed by atoms with E-state index < -0.39 is 20.0 Å². The van der Waals surface area contributed by atoms with E-state index in [1.165, 1.54) is 36.4 Å². The molecule has 0 aromatic heterocycles. The lowest BCUT2D eigenvalue weighted by molar-refractivity contribution is 0.146. The Morgan fingerprint density at radius 3 is 2.08 bits per heavy atom. The molecule has 0 amide bonds. The Morgan fingerprint density at radius 1 is 0.846 bits per heavy atom. The van der Waals surface area contributed by atoms with Crippen molar-refractivity contribution >= 4 is 25.7 Å². The van der Waals surface area contributed by atoms with Crippen LogP contribution >= 0.6 is 0 Å². The Kier molecular flexibility index (Phi) is 7.15. The maximum atomic E-state index is 12.3. The highest BCUT2D eigenvalue weighted by Crippen LogP contribution is 2.18. The van der Waals surface area contributed by atoms with Gasteiger partial charge in [-0.05, 0) is 49.7 Å². The van der Waals surface area contributed by atoms with E-state index in [2.05, 4.69) is 9.44 Å². The molecule has 0 aliphatic heterocycles. The van der Waals surface area contributed by atoms with Gasteiger partial charge in [0.25, 0.3) is 10.0 Å². The molecule has 0 unspecified atom stereocenters. The van der Waals surface area contributed by atoms with Gasteiger partial charge in [0.15, 0.2) is 0 Å². The summed E-state index contributed by atoms with van der Waals surface area (Å²) in [5.41, 5.74) is 0.282. The highest BCUT2D eigenvalue weighted by molar-refractivity contribution is 7.92. The number of anilines is 1. The van der Waals surface area contributed by atoms with Crippen molar-refractivity contribution in [1.82, 2.24) is 4.72 Å². The zero-order valence-corrected chi connectivity index (χ0v) is 16.0. The fourth-order valence-corrected chi connectivity index (χ4v) is 4.28. The standard InChI is InChI=1S/C17H22N2O5S2/c1-2-24-14-6-13-18-25(20,21)17-11-9-15(10-12-17)19-26(22,23)16-7-4-3-5-8-16/h3-5,7-12,18-19H,2,6,13-14H2,1H3. The van der Waals surface area contributed by atoms with Gasteiger partial charge in [-0.2, -0.15) is 0 Å². The Bertz CT molecular complexity index is 896. The van der Waals surface area contributed by atoms with Crippen molar-refractivity contribution in [2.75, 3.05) is 24.5 Å². The highest BCUT2D eigenvalue weighted by Gasteiger charge is 2.16. The molecule has 0 bridgehead atoms. The number of ether oxygens (including phenoxy) is 1. The van der Waals surface area contributed by atoms with Crippen molar-refractivity contribution in [2.45, 2.75) is 23.1 Å². The molecule has 0 aliphatic carbocycles. The molecule has 0 saturated carbocycles. The molecule has 0 atom stereocenters. The molecule has 0 saturated heterocycles. The molecule has 0 fully saturated rings. The van der Waals surface area contributed by atoms with E-state index in [0.717, 1.165) is 0 Å². The van der Waals surface area contributed by atoms with Crippen LogP contribution in [0.5, 0.6) is 0 Å². The van der Waals surface area contributed by atoms with Gasteiger partial charge >= 0.3 is 0 Å². The minimum absolute atomic E-state index is 0.0663. The summed E-state index contributed by atoms with van der Waals surface area (Å²) in [6.07, 6.45) is 0.571. The van der Waals surface area contributed by atoms with E-state index in [0.29, 0.717) is 19.6 Å². The zero-order valence-electron chi connectivity index (χ0n) is 14.4. The molecule has 7 nitrogen and oxygen atoms in total. The van der Waals surface area contributed by atoms with E-state index in [1.807, 2.05) is 6.92 Å². The maximum Gasteiger partial charge on any atom is 0.261 e. The number of rotatable bonds is 10. The van der Waals surface area contributed by atoms with E-state index >= 15 is 0 Å². The Morgan fingerprint density at radius 2 is 1.46 bits per heavy atom. The van der Waals surface area contributed by atoms with Crippen LogP contribution in [0.4, 0.5) is 5.69 Å². The largest absolute Gasteiger partial charge is 0.382 e. The van der Waals surface area contributed by atoms with Gasteiger partial charge in [-0.3, -0.25) is 4.72 Å². The summed E-state index contributed by atoms with van der Waals surface area (Å²) in [7, 11) is -7.36. The van der Waals surface area contributed by atoms with Crippen molar-refractivity contribution in [3.8, 4) is 0 Å². The van der Waals surface area contributed by atoms with Crippen LogP contribution in [0.2, 0.25) is 0 Å². The normalized spacial score (nSPS) is 12.0. The maximum absolute atomic E-state index is 12.3. The van der Waals surface area contributed by atoms with Crippen LogP contribution in [0.1, 0.15) is 13.3 Å². The fraction of sp³-hybridized carbons (Fsp3) is 0.294. The summed E-state index contributed by atoms with van der Waals surface area (Å²) in [6, 6.07) is 13.5. The summed E-state index contributed by atoms with van der Waals surface area (Å²) < 4.78 is 59.0. The molecule has 0 radical (unpaired) electrons. The van der Waals surface area contributed by atoms with Crippen molar-refractivity contribution in [3.05, 3.63) is 54.6 Å². The van der Waals surface area contributed by atoms with Crippen LogP contribution < -0.4 is 9.44 Å². The summed E-state index contributed by atoms with van der Waals surface area (Å²) in [4.78, 5) is 0.198. The first-order valence-corrected chi connectivity index (χ1v) is 11.1. The van der Waals surface area contributed by atoms with E-state index in [-0.39, 0.29) is 22.0 Å². The summed E-state index contributed by atoms with van der Waals surface area (Å²) in [6.45, 7) is 3.22. The first-order valence-electron chi connectivity index (χ1n) is 8.10. The van der Waals surface area contributed by atoms with Gasteiger partial charge in [0.2, 0.25) is 10.0 Å². The zero-order chi connectivity index (χ0) is 19.0. The van der Waals surface area contributed by atoms with Crippen LogP contribution in [-0.2, 0) is 24.8 Å². The predicted octanol–water partition coefficient (Wildman–Crippen LogP) is 2.19. The molecule has 142 valence electrons. The van der Waals surface area contributed by atoms with Gasteiger partial charge in [-0.15, -0.1) is 0 Å². The molecular formula is C17H22N2O5S2. The first kappa shape index (κ1) is 20.4. The number of sulfonamides is 2. The van der Waals surface area contributed by atoms with Gasteiger partial charge in [0, 0.05) is 25.4 Å². The van der Waals surface area contributed by atoms with Crippen molar-refractivity contribution < 1.29 is 21.6 Å². The first-order chi connectivity index (χ1) is 12.3. The smallest absolute Gasteiger partial charge is 0.261 e. The fourth-order valence-electron chi connectivity index (χ4n) is 2.12. The lowest BCUT2D eigenvalue weighted by Crippen LogP contribution is -2.25.